The number of carboxylic acids is 1. The fraction of sp³-hybridized carbons (Fsp3) is 0.0588. The second kappa shape index (κ2) is 8.00. The van der Waals surface area contributed by atoms with E-state index in [1.165, 1.54) is 6.08 Å². The number of benzene rings is 2. The number of carboxylic acid groups (broad SMARTS) is 1. The third-order valence-corrected chi connectivity index (χ3v) is 3.07. The summed E-state index contributed by atoms with van der Waals surface area (Å²) in [6, 6.07) is 15.7. The number of carbonyl (C=O) groups is 2. The summed E-state index contributed by atoms with van der Waals surface area (Å²) in [6.45, 7) is 0.0523. The molecule has 0 heterocycles. The zero-order valence-electron chi connectivity index (χ0n) is 12.0. The smallest absolute Gasteiger partial charge is 0.412 e. The Labute approximate surface area is 138 Å². The molecule has 118 valence electrons. The van der Waals surface area contributed by atoms with Crippen molar-refractivity contribution in [1.29, 1.82) is 0 Å². The van der Waals surface area contributed by atoms with Crippen molar-refractivity contribution in [3.05, 3.63) is 76.4 Å². The number of halogens is 1. The van der Waals surface area contributed by atoms with Gasteiger partial charge < -0.3 is 9.84 Å². The summed E-state index contributed by atoms with van der Waals surface area (Å²) in [4.78, 5) is 23.0. The Morgan fingerprint density at radius 3 is 2.52 bits per heavy atom. The van der Waals surface area contributed by atoms with Gasteiger partial charge in [0.1, 0.15) is 12.3 Å². The highest BCUT2D eigenvalue weighted by atomic mass is 35.5. The van der Waals surface area contributed by atoms with Crippen molar-refractivity contribution in [2.45, 2.75) is 6.61 Å². The summed E-state index contributed by atoms with van der Waals surface area (Å²) in [6.07, 6.45) is 0.461. The minimum absolute atomic E-state index is 0.0523. The van der Waals surface area contributed by atoms with E-state index in [-0.39, 0.29) is 12.3 Å². The second-order valence-corrected chi connectivity index (χ2v) is 5.04. The summed E-state index contributed by atoms with van der Waals surface area (Å²) >= 11 is 5.84. The number of rotatable bonds is 5. The Bertz CT molecular complexity index is 728. The number of hydrogen-bond acceptors (Lipinski definition) is 3. The van der Waals surface area contributed by atoms with Gasteiger partial charge in [-0.05, 0) is 29.3 Å². The molecule has 2 rings (SSSR count). The summed E-state index contributed by atoms with van der Waals surface area (Å²) in [5.74, 6) is -1.28. The summed E-state index contributed by atoms with van der Waals surface area (Å²) < 4.78 is 4.99. The van der Waals surface area contributed by atoms with E-state index in [0.29, 0.717) is 10.6 Å². The zero-order chi connectivity index (χ0) is 16.7. The fourth-order valence-corrected chi connectivity index (χ4v) is 1.98. The summed E-state index contributed by atoms with van der Waals surface area (Å²) in [5.41, 5.74) is 1.06. The lowest BCUT2D eigenvalue weighted by Crippen LogP contribution is -2.27. The molecule has 0 aliphatic carbocycles. The molecule has 0 bridgehead atoms. The molecule has 0 radical (unpaired) electrons. The molecule has 5 nitrogen and oxygen atoms in total. The lowest BCUT2D eigenvalue weighted by atomic mass is 10.2. The van der Waals surface area contributed by atoms with Gasteiger partial charge in [-0.3, -0.25) is 5.32 Å². The van der Waals surface area contributed by atoms with Gasteiger partial charge in [-0.2, -0.15) is 0 Å². The van der Waals surface area contributed by atoms with Crippen LogP contribution in [-0.4, -0.2) is 17.2 Å². The highest BCUT2D eigenvalue weighted by Crippen LogP contribution is 2.13. The quantitative estimate of drug-likeness (QED) is 0.819. The number of aliphatic carboxylic acids is 1. The molecular weight excluding hydrogens is 318 g/mol. The van der Waals surface area contributed by atoms with Gasteiger partial charge in [0, 0.05) is 5.02 Å². The Balaban J connectivity index is 2.01. The molecule has 0 aliphatic heterocycles. The van der Waals surface area contributed by atoms with Crippen LogP contribution in [0.2, 0.25) is 5.02 Å². The van der Waals surface area contributed by atoms with Crippen LogP contribution < -0.4 is 5.32 Å². The minimum Gasteiger partial charge on any atom is -0.477 e. The van der Waals surface area contributed by atoms with Gasteiger partial charge in [0.25, 0.3) is 0 Å². The molecule has 1 amide bonds. The Morgan fingerprint density at radius 2 is 1.87 bits per heavy atom. The molecule has 0 aromatic heterocycles. The number of nitrogens with one attached hydrogen (secondary N) is 1. The molecule has 23 heavy (non-hydrogen) atoms. The first kappa shape index (κ1) is 16.6. The van der Waals surface area contributed by atoms with Crippen molar-refractivity contribution in [3.8, 4) is 0 Å². The maximum atomic E-state index is 11.7. The van der Waals surface area contributed by atoms with Crippen molar-refractivity contribution in [1.82, 2.24) is 5.32 Å². The van der Waals surface area contributed by atoms with E-state index in [2.05, 4.69) is 5.32 Å². The summed E-state index contributed by atoms with van der Waals surface area (Å²) in [7, 11) is 0. The van der Waals surface area contributed by atoms with E-state index in [0.717, 1.165) is 5.56 Å². The van der Waals surface area contributed by atoms with Crippen molar-refractivity contribution >= 4 is 29.7 Å². The number of alkyl carbamates (subject to hydrolysis) is 1. The number of ether oxygens (including phenoxy) is 1. The maximum absolute atomic E-state index is 11.7. The predicted octanol–water partition coefficient (Wildman–Crippen LogP) is 3.69. The van der Waals surface area contributed by atoms with Gasteiger partial charge in [0.15, 0.2) is 0 Å². The van der Waals surface area contributed by atoms with Gasteiger partial charge in [0.05, 0.1) is 0 Å². The molecule has 2 aromatic carbocycles. The lowest BCUT2D eigenvalue weighted by Gasteiger charge is -2.08. The summed E-state index contributed by atoms with van der Waals surface area (Å²) in [5, 5.41) is 11.8. The lowest BCUT2D eigenvalue weighted by molar-refractivity contribution is -0.132. The number of amides is 1. The second-order valence-electron chi connectivity index (χ2n) is 4.60. The van der Waals surface area contributed by atoms with Gasteiger partial charge >= 0.3 is 12.1 Å². The first-order valence-corrected chi connectivity index (χ1v) is 7.10. The van der Waals surface area contributed by atoms with E-state index in [9.17, 15) is 9.59 Å². The van der Waals surface area contributed by atoms with Crippen molar-refractivity contribution < 1.29 is 19.4 Å². The number of hydrogen-bond donors (Lipinski definition) is 2. The van der Waals surface area contributed by atoms with Crippen molar-refractivity contribution in [2.75, 3.05) is 0 Å². The van der Waals surface area contributed by atoms with Crippen LogP contribution in [0.25, 0.3) is 6.08 Å². The van der Waals surface area contributed by atoms with Crippen LogP contribution in [0.1, 0.15) is 11.1 Å². The molecule has 2 aromatic rings. The monoisotopic (exact) mass is 331 g/mol. The fourth-order valence-electron chi connectivity index (χ4n) is 1.78. The van der Waals surface area contributed by atoms with Crippen LogP contribution in [0.5, 0.6) is 0 Å². The van der Waals surface area contributed by atoms with Crippen LogP contribution >= 0.6 is 11.6 Å². The molecular formula is C17H14ClNO4. The largest absolute Gasteiger partial charge is 0.477 e. The first-order chi connectivity index (χ1) is 11.0. The standard InChI is InChI=1S/C17H14ClNO4/c18-14-8-4-7-13(9-14)10-15(16(20)21)19-17(22)23-11-12-5-2-1-3-6-12/h1-10H,11H2,(H,19,22)(H,20,21)/b15-10+. The Morgan fingerprint density at radius 1 is 1.13 bits per heavy atom. The normalized spacial score (nSPS) is 10.9. The Hall–Kier alpha value is -2.79. The van der Waals surface area contributed by atoms with Gasteiger partial charge in [-0.1, -0.05) is 54.1 Å². The van der Waals surface area contributed by atoms with E-state index in [1.807, 2.05) is 18.2 Å². The van der Waals surface area contributed by atoms with Gasteiger partial charge in [-0.15, -0.1) is 0 Å². The van der Waals surface area contributed by atoms with Crippen LogP contribution in [0.15, 0.2) is 60.3 Å². The third kappa shape index (κ3) is 5.48. The highest BCUT2D eigenvalue weighted by Gasteiger charge is 2.12. The average molecular weight is 332 g/mol. The topological polar surface area (TPSA) is 75.6 Å². The van der Waals surface area contributed by atoms with Gasteiger partial charge in [-0.25, -0.2) is 9.59 Å². The average Bonchev–Trinajstić information content (AvgIpc) is 2.53. The molecule has 0 atom stereocenters. The molecule has 0 saturated carbocycles. The SMILES string of the molecule is O=C(N/C(=C/c1cccc(Cl)c1)C(=O)O)OCc1ccccc1. The van der Waals surface area contributed by atoms with Crippen LogP contribution in [0.3, 0.4) is 0 Å². The van der Waals surface area contributed by atoms with Crippen LogP contribution in [0.4, 0.5) is 4.79 Å². The minimum atomic E-state index is -1.28. The highest BCUT2D eigenvalue weighted by molar-refractivity contribution is 6.30. The van der Waals surface area contributed by atoms with E-state index in [1.54, 1.807) is 36.4 Å². The maximum Gasteiger partial charge on any atom is 0.412 e. The van der Waals surface area contributed by atoms with E-state index < -0.39 is 12.1 Å². The van der Waals surface area contributed by atoms with Crippen molar-refractivity contribution in [3.63, 3.8) is 0 Å². The Kier molecular flexibility index (Phi) is 5.77. The molecule has 6 heteroatoms. The molecule has 2 N–H and O–H groups in total. The van der Waals surface area contributed by atoms with Crippen LogP contribution in [0, 0.1) is 0 Å². The van der Waals surface area contributed by atoms with Gasteiger partial charge in [0.2, 0.25) is 0 Å². The molecule has 0 aliphatic rings. The number of carbonyl (C=O) groups excluding carboxylic acids is 1. The van der Waals surface area contributed by atoms with E-state index in [4.69, 9.17) is 21.4 Å². The zero-order valence-corrected chi connectivity index (χ0v) is 12.8. The molecule has 0 unspecified atom stereocenters. The third-order valence-electron chi connectivity index (χ3n) is 2.84. The van der Waals surface area contributed by atoms with Crippen molar-refractivity contribution in [2.24, 2.45) is 0 Å². The molecule has 0 spiro atoms. The molecule has 0 saturated heterocycles. The van der Waals surface area contributed by atoms with Crippen LogP contribution in [-0.2, 0) is 16.1 Å². The predicted molar refractivity (Wildman–Crippen MR) is 86.8 cm³/mol. The first-order valence-electron chi connectivity index (χ1n) is 6.73. The molecule has 0 fully saturated rings. The van der Waals surface area contributed by atoms with E-state index >= 15 is 0 Å².